The number of likely N-dealkylation sites (tertiary alicyclic amines) is 1. The van der Waals surface area contributed by atoms with Crippen LogP contribution in [0.2, 0.25) is 0 Å². The van der Waals surface area contributed by atoms with Gasteiger partial charge in [-0.1, -0.05) is 12.8 Å². The summed E-state index contributed by atoms with van der Waals surface area (Å²) in [6.07, 6.45) is 7.47. The minimum atomic E-state index is -1.20. The average molecular weight is 338 g/mol. The third-order valence-electron chi connectivity index (χ3n) is 4.80. The summed E-state index contributed by atoms with van der Waals surface area (Å²) in [5.74, 6) is -2.19. The molecular formula is C17H26N2O5. The number of esters is 1. The number of aliphatic carboxylic acids is 1. The summed E-state index contributed by atoms with van der Waals surface area (Å²) < 4.78 is 5.43. The average Bonchev–Trinajstić information content (AvgIpc) is 2.99. The monoisotopic (exact) mass is 338 g/mol. The number of carbonyl (C=O) groups excluding carboxylic acids is 2. The molecule has 3 N–H and O–H groups in total. The first kappa shape index (κ1) is 18.4. The van der Waals surface area contributed by atoms with E-state index in [0.29, 0.717) is 6.42 Å². The lowest BCUT2D eigenvalue weighted by molar-refractivity contribution is -0.149. The fourth-order valence-electron chi connectivity index (χ4n) is 3.52. The maximum Gasteiger partial charge on any atom is 0.331 e. The van der Waals surface area contributed by atoms with E-state index in [2.05, 4.69) is 0 Å². The van der Waals surface area contributed by atoms with E-state index in [-0.39, 0.29) is 11.8 Å². The number of rotatable bonds is 5. The van der Waals surface area contributed by atoms with Crippen LogP contribution in [0.25, 0.3) is 0 Å². The van der Waals surface area contributed by atoms with Crippen molar-refractivity contribution in [1.29, 1.82) is 0 Å². The van der Waals surface area contributed by atoms with Crippen LogP contribution in [0.5, 0.6) is 0 Å². The van der Waals surface area contributed by atoms with Gasteiger partial charge in [-0.05, 0) is 32.1 Å². The molecule has 0 bridgehead atoms. The Bertz CT molecular complexity index is 499. The van der Waals surface area contributed by atoms with Crippen molar-refractivity contribution in [3.05, 3.63) is 12.2 Å². The van der Waals surface area contributed by atoms with E-state index < -0.39 is 24.1 Å². The Morgan fingerprint density at radius 3 is 2.38 bits per heavy atom. The van der Waals surface area contributed by atoms with Crippen molar-refractivity contribution >= 4 is 17.8 Å². The van der Waals surface area contributed by atoms with Crippen LogP contribution in [0.15, 0.2) is 12.2 Å². The molecule has 24 heavy (non-hydrogen) atoms. The highest BCUT2D eigenvalue weighted by Crippen LogP contribution is 2.29. The molecule has 0 unspecified atom stereocenters. The van der Waals surface area contributed by atoms with Crippen molar-refractivity contribution in [3.63, 3.8) is 0 Å². The van der Waals surface area contributed by atoms with Crippen molar-refractivity contribution in [2.24, 2.45) is 11.7 Å². The summed E-state index contributed by atoms with van der Waals surface area (Å²) in [5, 5.41) is 8.58. The highest BCUT2D eigenvalue weighted by molar-refractivity contribution is 5.90. The van der Waals surface area contributed by atoms with Crippen LogP contribution in [-0.2, 0) is 19.1 Å². The summed E-state index contributed by atoms with van der Waals surface area (Å²) in [7, 11) is 0. The Morgan fingerprint density at radius 2 is 1.71 bits per heavy atom. The Morgan fingerprint density at radius 1 is 1.04 bits per heavy atom. The van der Waals surface area contributed by atoms with Gasteiger partial charge in [0.1, 0.15) is 6.10 Å². The number of carbonyl (C=O) groups is 3. The van der Waals surface area contributed by atoms with Gasteiger partial charge in [0.2, 0.25) is 5.91 Å². The molecule has 1 saturated heterocycles. The topological polar surface area (TPSA) is 110 Å². The van der Waals surface area contributed by atoms with Crippen LogP contribution in [0.4, 0.5) is 0 Å². The van der Waals surface area contributed by atoms with E-state index in [0.717, 1.165) is 63.8 Å². The van der Waals surface area contributed by atoms with Crippen molar-refractivity contribution in [3.8, 4) is 0 Å². The molecule has 1 saturated carbocycles. The Kier molecular flexibility index (Phi) is 6.78. The SMILES string of the molecule is N[C@@H](C(=O)N1CCCC1)[C@@H]1CCCCC[C@H]1OC(=O)C=CC(=O)O. The summed E-state index contributed by atoms with van der Waals surface area (Å²) in [6, 6.07) is -0.678. The molecule has 134 valence electrons. The quantitative estimate of drug-likeness (QED) is 0.441. The number of carboxylic acid groups (broad SMARTS) is 1. The Balaban J connectivity index is 2.03. The van der Waals surface area contributed by atoms with Crippen LogP contribution in [0.1, 0.15) is 44.9 Å². The first-order valence-electron chi connectivity index (χ1n) is 8.65. The smallest absolute Gasteiger partial charge is 0.331 e. The molecule has 1 aliphatic heterocycles. The second-order valence-electron chi connectivity index (χ2n) is 6.51. The van der Waals surface area contributed by atoms with Gasteiger partial charge in [0.05, 0.1) is 6.04 Å². The van der Waals surface area contributed by atoms with Crippen molar-refractivity contribution < 1.29 is 24.2 Å². The maximum atomic E-state index is 12.6. The molecule has 2 fully saturated rings. The van der Waals surface area contributed by atoms with Gasteiger partial charge >= 0.3 is 11.9 Å². The zero-order chi connectivity index (χ0) is 17.5. The first-order valence-corrected chi connectivity index (χ1v) is 8.65. The predicted molar refractivity (Wildman–Crippen MR) is 87.0 cm³/mol. The van der Waals surface area contributed by atoms with Gasteiger partial charge < -0.3 is 20.5 Å². The number of nitrogens with two attached hydrogens (primary N) is 1. The van der Waals surface area contributed by atoms with Crippen LogP contribution in [0.3, 0.4) is 0 Å². The Hall–Kier alpha value is -1.89. The summed E-state index contributed by atoms with van der Waals surface area (Å²) in [5.41, 5.74) is 6.23. The molecule has 0 aromatic heterocycles. The first-order chi connectivity index (χ1) is 11.5. The lowest BCUT2D eigenvalue weighted by Gasteiger charge is -2.31. The molecule has 3 atom stereocenters. The summed E-state index contributed by atoms with van der Waals surface area (Å²) >= 11 is 0. The third kappa shape index (κ3) is 5.06. The van der Waals surface area contributed by atoms with E-state index in [9.17, 15) is 14.4 Å². The third-order valence-corrected chi connectivity index (χ3v) is 4.80. The molecule has 1 heterocycles. The zero-order valence-corrected chi connectivity index (χ0v) is 13.9. The van der Waals surface area contributed by atoms with Gasteiger partial charge in [0, 0.05) is 31.2 Å². The Labute approximate surface area is 141 Å². The highest BCUT2D eigenvalue weighted by Gasteiger charge is 2.37. The van der Waals surface area contributed by atoms with E-state index >= 15 is 0 Å². The number of ether oxygens (including phenoxy) is 1. The van der Waals surface area contributed by atoms with Crippen LogP contribution < -0.4 is 5.73 Å². The molecular weight excluding hydrogens is 312 g/mol. The van der Waals surface area contributed by atoms with Crippen molar-refractivity contribution in [2.75, 3.05) is 13.1 Å². The van der Waals surface area contributed by atoms with E-state index in [1.165, 1.54) is 0 Å². The summed E-state index contributed by atoms with van der Waals surface area (Å²) in [6.45, 7) is 1.48. The fourth-order valence-corrected chi connectivity index (χ4v) is 3.52. The van der Waals surface area contributed by atoms with Gasteiger partial charge in [-0.3, -0.25) is 4.79 Å². The molecule has 2 rings (SSSR count). The minimum absolute atomic E-state index is 0.0680. The van der Waals surface area contributed by atoms with Crippen LogP contribution in [-0.4, -0.2) is 53.1 Å². The summed E-state index contributed by atoms with van der Waals surface area (Å²) in [4.78, 5) is 36.7. The molecule has 0 aromatic carbocycles. The second kappa shape index (κ2) is 8.82. The highest BCUT2D eigenvalue weighted by atomic mass is 16.5. The van der Waals surface area contributed by atoms with Gasteiger partial charge in [-0.25, -0.2) is 9.59 Å². The largest absolute Gasteiger partial charge is 0.478 e. The fraction of sp³-hybridized carbons (Fsp3) is 0.706. The maximum absolute atomic E-state index is 12.6. The lowest BCUT2D eigenvalue weighted by Crippen LogP contribution is -2.50. The molecule has 0 aromatic rings. The molecule has 1 amide bonds. The molecule has 0 radical (unpaired) electrons. The van der Waals surface area contributed by atoms with Crippen LogP contribution >= 0.6 is 0 Å². The molecule has 1 aliphatic carbocycles. The van der Waals surface area contributed by atoms with E-state index in [4.69, 9.17) is 15.6 Å². The predicted octanol–water partition coefficient (Wildman–Crippen LogP) is 1.07. The number of carboxylic acids is 1. The van der Waals surface area contributed by atoms with Crippen molar-refractivity contribution in [1.82, 2.24) is 4.90 Å². The minimum Gasteiger partial charge on any atom is -0.478 e. The molecule has 0 spiro atoms. The lowest BCUT2D eigenvalue weighted by atomic mass is 9.89. The van der Waals surface area contributed by atoms with Crippen molar-refractivity contribution in [2.45, 2.75) is 57.1 Å². The number of hydrogen-bond acceptors (Lipinski definition) is 5. The number of hydrogen-bond donors (Lipinski definition) is 2. The van der Waals surface area contributed by atoms with Gasteiger partial charge in [-0.2, -0.15) is 0 Å². The molecule has 2 aliphatic rings. The van der Waals surface area contributed by atoms with E-state index in [1.807, 2.05) is 0 Å². The van der Waals surface area contributed by atoms with Gasteiger partial charge in [0.15, 0.2) is 0 Å². The molecule has 7 heteroatoms. The normalized spacial score (nSPS) is 26.1. The van der Waals surface area contributed by atoms with E-state index in [1.54, 1.807) is 4.90 Å². The molecule has 7 nitrogen and oxygen atoms in total. The van der Waals surface area contributed by atoms with Crippen LogP contribution in [0, 0.1) is 5.92 Å². The second-order valence-corrected chi connectivity index (χ2v) is 6.51. The standard InChI is InChI=1S/C17H26N2O5/c18-16(17(23)19-10-4-5-11-19)12-6-2-1-3-7-13(12)24-15(22)9-8-14(20)21/h8-9,12-13,16H,1-7,10-11,18H2,(H,20,21)/t12-,13-,16-/m1/s1. The number of nitrogens with zero attached hydrogens (tertiary/aromatic N) is 1. The number of amides is 1. The zero-order valence-electron chi connectivity index (χ0n) is 13.9. The van der Waals surface area contributed by atoms with Gasteiger partial charge in [0.25, 0.3) is 0 Å². The van der Waals surface area contributed by atoms with Gasteiger partial charge in [-0.15, -0.1) is 0 Å².